The monoisotopic (exact) mass is 704 g/mol. The first-order valence-corrected chi connectivity index (χ1v) is 18.0. The molecule has 2 heterocycles. The van der Waals surface area contributed by atoms with E-state index in [1.165, 1.54) is 20.8 Å². The fourth-order valence-corrected chi connectivity index (χ4v) is 7.10. The van der Waals surface area contributed by atoms with Gasteiger partial charge < -0.3 is 30.6 Å². The lowest BCUT2D eigenvalue weighted by Gasteiger charge is -2.29. The Labute approximate surface area is 287 Å². The smallest absolute Gasteiger partial charge is 0.407 e. The molecule has 1 aromatic carbocycles. The van der Waals surface area contributed by atoms with Gasteiger partial charge in [0, 0.05) is 26.7 Å². The highest BCUT2D eigenvalue weighted by Gasteiger charge is 2.44. The van der Waals surface area contributed by atoms with Gasteiger partial charge in [-0.25, -0.2) is 9.59 Å². The Morgan fingerprint density at radius 1 is 1.20 bits per heavy atom. The van der Waals surface area contributed by atoms with Gasteiger partial charge in [-0.15, -0.1) is 6.58 Å². The Morgan fingerprint density at radius 2 is 1.96 bits per heavy atom. The zero-order valence-electron chi connectivity index (χ0n) is 28.1. The van der Waals surface area contributed by atoms with E-state index in [-0.39, 0.29) is 13.0 Å². The molecule has 4 rings (SSSR count). The third kappa shape index (κ3) is 10.7. The van der Waals surface area contributed by atoms with E-state index in [2.05, 4.69) is 17.2 Å². The van der Waals surface area contributed by atoms with Gasteiger partial charge >= 0.3 is 22.4 Å². The highest BCUT2D eigenvalue weighted by Crippen LogP contribution is 2.39. The molecule has 270 valence electrons. The van der Waals surface area contributed by atoms with E-state index in [4.69, 9.17) is 4.18 Å². The highest BCUT2D eigenvalue weighted by molar-refractivity contribution is 7.84. The first-order chi connectivity index (χ1) is 23.2. The predicted octanol–water partition coefficient (Wildman–Crippen LogP) is 2.28. The van der Waals surface area contributed by atoms with Crippen LogP contribution in [0.3, 0.4) is 0 Å². The Bertz CT molecular complexity index is 1530. The number of amides is 5. The molecule has 0 spiro atoms. The molecule has 1 aromatic rings. The maximum atomic E-state index is 13.2. The Balaban J connectivity index is 1.17. The van der Waals surface area contributed by atoms with E-state index in [9.17, 15) is 37.8 Å². The lowest BCUT2D eigenvalue weighted by molar-refractivity contribution is -0.138. The molecule has 49 heavy (non-hydrogen) atoms. The SMILES string of the molecule is C=CCC(NC(=O)C1CCCN1C(=O)CNC(=O)N(C)CCCCC=Cc1cccc2c1CN(C(=O)O)C2)C(O)NS(=O)(=O)OC1(C)CC1. The third-order valence-electron chi connectivity index (χ3n) is 8.97. The Kier molecular flexibility index (Phi) is 12.8. The Morgan fingerprint density at radius 3 is 2.65 bits per heavy atom. The predicted molar refractivity (Wildman–Crippen MR) is 181 cm³/mol. The topological polar surface area (TPSA) is 198 Å². The first kappa shape index (κ1) is 37.8. The molecule has 5 N–H and O–H groups in total. The molecule has 1 saturated carbocycles. The number of carboxylic acid groups (broad SMARTS) is 1. The number of hydrogen-bond acceptors (Lipinski definition) is 8. The summed E-state index contributed by atoms with van der Waals surface area (Å²) in [5.41, 5.74) is 2.25. The van der Waals surface area contributed by atoms with Crippen LogP contribution in [0.5, 0.6) is 0 Å². The summed E-state index contributed by atoms with van der Waals surface area (Å²) in [5, 5.41) is 25.1. The van der Waals surface area contributed by atoms with Crippen LogP contribution in [-0.2, 0) is 37.2 Å². The molecule has 2 aliphatic heterocycles. The van der Waals surface area contributed by atoms with Crippen molar-refractivity contribution in [1.82, 2.24) is 30.1 Å². The van der Waals surface area contributed by atoms with Crippen molar-refractivity contribution in [2.24, 2.45) is 0 Å². The molecule has 0 bridgehead atoms. The molecule has 1 saturated heterocycles. The van der Waals surface area contributed by atoms with E-state index in [1.807, 2.05) is 35.1 Å². The molecule has 3 unspecified atom stereocenters. The number of allylic oxidation sites excluding steroid dienone is 1. The largest absolute Gasteiger partial charge is 0.465 e. The summed E-state index contributed by atoms with van der Waals surface area (Å²) in [6, 6.07) is 3.52. The lowest BCUT2D eigenvalue weighted by atomic mass is 10.0. The second-order valence-corrected chi connectivity index (χ2v) is 14.3. The van der Waals surface area contributed by atoms with Crippen LogP contribution in [0.1, 0.15) is 75.0 Å². The number of likely N-dealkylation sites (tertiary alicyclic amines) is 1. The highest BCUT2D eigenvalue weighted by atomic mass is 32.2. The van der Waals surface area contributed by atoms with Gasteiger partial charge in [0.1, 0.15) is 12.3 Å². The number of nitrogens with one attached hydrogen (secondary N) is 3. The number of benzene rings is 1. The summed E-state index contributed by atoms with van der Waals surface area (Å²) in [4.78, 5) is 54.5. The van der Waals surface area contributed by atoms with Gasteiger partial charge in [0.25, 0.3) is 0 Å². The van der Waals surface area contributed by atoms with Crippen LogP contribution in [0.2, 0.25) is 0 Å². The minimum absolute atomic E-state index is 0.0499. The zero-order chi connectivity index (χ0) is 35.8. The summed E-state index contributed by atoms with van der Waals surface area (Å²) < 4.78 is 31.8. The van der Waals surface area contributed by atoms with Crippen molar-refractivity contribution in [1.29, 1.82) is 0 Å². The van der Waals surface area contributed by atoms with Gasteiger partial charge in [0.2, 0.25) is 11.8 Å². The number of rotatable bonds is 17. The minimum Gasteiger partial charge on any atom is -0.465 e. The summed E-state index contributed by atoms with van der Waals surface area (Å²) in [5.74, 6) is -0.988. The van der Waals surface area contributed by atoms with Crippen molar-refractivity contribution in [3.05, 3.63) is 53.6 Å². The molecule has 3 aliphatic rings. The van der Waals surface area contributed by atoms with Gasteiger partial charge in [0.15, 0.2) is 0 Å². The fourth-order valence-electron chi connectivity index (χ4n) is 5.89. The van der Waals surface area contributed by atoms with E-state index >= 15 is 0 Å². The van der Waals surface area contributed by atoms with Gasteiger partial charge in [-0.05, 0) is 75.0 Å². The van der Waals surface area contributed by atoms with Crippen LogP contribution in [0, 0.1) is 0 Å². The van der Waals surface area contributed by atoms with Gasteiger partial charge in [0.05, 0.1) is 24.7 Å². The van der Waals surface area contributed by atoms with Gasteiger partial charge in [-0.2, -0.15) is 13.1 Å². The number of carbonyl (C=O) groups excluding carboxylic acids is 3. The quantitative estimate of drug-likeness (QED) is 0.0918. The first-order valence-electron chi connectivity index (χ1n) is 16.6. The number of hydrogen-bond donors (Lipinski definition) is 5. The molecular formula is C33H48N6O9S. The van der Waals surface area contributed by atoms with E-state index in [1.54, 1.807) is 14.0 Å². The number of unbranched alkanes of at least 4 members (excludes halogenated alkanes) is 2. The van der Waals surface area contributed by atoms with Crippen LogP contribution in [0.25, 0.3) is 6.08 Å². The second kappa shape index (κ2) is 16.6. The number of aliphatic hydroxyl groups is 1. The standard InChI is InChI=1S/C33H48N6O9S/c1-4-11-26(29(41)36-49(46,47)48-33(2)16-17-33)35-30(42)27-15-10-19-39(27)28(40)20-34-31(43)37(3)18-8-6-5-7-12-23-13-9-14-24-21-38(32(44)45)22-25(23)24/h4,7,9,12-14,26-27,29,36,41H,1,5-6,8,10-11,15-22H2,2-3H3,(H,34,43)(H,35,42)(H,44,45). The van der Waals surface area contributed by atoms with Crippen LogP contribution in [-0.4, -0.2) is 108 Å². The van der Waals surface area contributed by atoms with Crippen LogP contribution in [0.15, 0.2) is 36.9 Å². The van der Waals surface area contributed by atoms with Crippen molar-refractivity contribution in [3.8, 4) is 0 Å². The fraction of sp³-hybridized carbons (Fsp3) is 0.576. The van der Waals surface area contributed by atoms with Crippen molar-refractivity contribution in [3.63, 3.8) is 0 Å². The van der Waals surface area contributed by atoms with E-state index < -0.39 is 58.2 Å². The molecule has 1 aliphatic carbocycles. The molecule has 16 heteroatoms. The molecule has 5 amide bonds. The second-order valence-electron chi connectivity index (χ2n) is 13.0. The van der Waals surface area contributed by atoms with Crippen LogP contribution < -0.4 is 15.4 Å². The van der Waals surface area contributed by atoms with Crippen LogP contribution in [0.4, 0.5) is 9.59 Å². The molecule has 0 aromatic heterocycles. The Hall–Kier alpha value is -3.99. The number of fused-ring (bicyclic) bond motifs is 1. The van der Waals surface area contributed by atoms with Crippen molar-refractivity contribution in [2.75, 3.05) is 26.7 Å². The minimum atomic E-state index is -4.28. The molecule has 15 nitrogen and oxygen atoms in total. The normalized spacial score (nSPS) is 19.3. The zero-order valence-corrected chi connectivity index (χ0v) is 28.9. The summed E-state index contributed by atoms with van der Waals surface area (Å²) in [6.45, 7) is 6.51. The molecular weight excluding hydrogens is 656 g/mol. The number of urea groups is 1. The van der Waals surface area contributed by atoms with E-state index in [0.29, 0.717) is 51.9 Å². The van der Waals surface area contributed by atoms with Crippen molar-refractivity contribution < 1.29 is 42.0 Å². The maximum absolute atomic E-state index is 13.2. The van der Waals surface area contributed by atoms with Gasteiger partial charge in [-0.3, -0.25) is 18.7 Å². The number of carbonyl (C=O) groups is 4. The number of aliphatic hydroxyl groups excluding tert-OH is 1. The lowest BCUT2D eigenvalue weighted by Crippen LogP contribution is -2.56. The summed E-state index contributed by atoms with van der Waals surface area (Å²) >= 11 is 0. The number of nitrogens with zero attached hydrogens (tertiary/aromatic N) is 3. The summed E-state index contributed by atoms with van der Waals surface area (Å²) in [7, 11) is -2.64. The molecule has 0 radical (unpaired) electrons. The average Bonchev–Trinajstić information content (AvgIpc) is 3.41. The van der Waals surface area contributed by atoms with Crippen molar-refractivity contribution >= 4 is 40.3 Å². The third-order valence-corrected chi connectivity index (χ3v) is 10.1. The molecule has 2 fully saturated rings. The maximum Gasteiger partial charge on any atom is 0.407 e. The average molecular weight is 705 g/mol. The molecule has 3 atom stereocenters. The van der Waals surface area contributed by atoms with Crippen LogP contribution >= 0.6 is 0 Å². The summed E-state index contributed by atoms with van der Waals surface area (Å²) in [6.07, 6.45) is 7.33. The van der Waals surface area contributed by atoms with Crippen molar-refractivity contribution in [2.45, 2.75) is 95.3 Å². The van der Waals surface area contributed by atoms with E-state index in [0.717, 1.165) is 36.0 Å². The van der Waals surface area contributed by atoms with Gasteiger partial charge in [-0.1, -0.05) is 36.4 Å².